The fraction of sp³-hybridized carbons (Fsp3) is 0.227. The van der Waals surface area contributed by atoms with Gasteiger partial charge in [-0.1, -0.05) is 48.5 Å². The van der Waals surface area contributed by atoms with Crippen molar-refractivity contribution >= 4 is 22.4 Å². The van der Waals surface area contributed by atoms with Crippen LogP contribution in [-0.4, -0.2) is 46.8 Å². The van der Waals surface area contributed by atoms with Gasteiger partial charge < -0.3 is 4.90 Å². The van der Waals surface area contributed by atoms with Crippen LogP contribution in [0, 0.1) is 10.1 Å². The summed E-state index contributed by atoms with van der Waals surface area (Å²) in [4.78, 5) is 27.7. The van der Waals surface area contributed by atoms with Crippen LogP contribution >= 0.6 is 0 Å². The smallest absolute Gasteiger partial charge is 0.269 e. The molecule has 28 heavy (non-hydrogen) atoms. The molecule has 0 radical (unpaired) electrons. The fourth-order valence-electron chi connectivity index (χ4n) is 3.72. The number of piperazine rings is 1. The predicted molar refractivity (Wildman–Crippen MR) is 108 cm³/mol. The van der Waals surface area contributed by atoms with Crippen LogP contribution in [0.25, 0.3) is 10.8 Å². The summed E-state index contributed by atoms with van der Waals surface area (Å²) in [5.41, 5.74) is 1.77. The average molecular weight is 375 g/mol. The van der Waals surface area contributed by atoms with Crippen molar-refractivity contribution in [2.24, 2.45) is 0 Å². The molecule has 0 bridgehead atoms. The highest BCUT2D eigenvalue weighted by molar-refractivity contribution is 6.07. The summed E-state index contributed by atoms with van der Waals surface area (Å²) < 4.78 is 0. The number of benzene rings is 3. The van der Waals surface area contributed by atoms with E-state index in [2.05, 4.69) is 4.90 Å². The second-order valence-electron chi connectivity index (χ2n) is 7.02. The summed E-state index contributed by atoms with van der Waals surface area (Å²) in [6, 6.07) is 20.5. The van der Waals surface area contributed by atoms with Crippen molar-refractivity contribution in [2.75, 3.05) is 26.2 Å². The molecule has 4 rings (SSSR count). The van der Waals surface area contributed by atoms with E-state index in [1.54, 1.807) is 12.1 Å². The Morgan fingerprint density at radius 3 is 2.43 bits per heavy atom. The monoisotopic (exact) mass is 375 g/mol. The maximum atomic E-state index is 13.0. The molecule has 1 amide bonds. The first-order chi connectivity index (χ1) is 13.6. The highest BCUT2D eigenvalue weighted by Gasteiger charge is 2.23. The molecule has 6 nitrogen and oxygen atoms in total. The number of carbonyl (C=O) groups excluding carboxylic acids is 1. The largest absolute Gasteiger partial charge is 0.336 e. The number of hydrogen-bond acceptors (Lipinski definition) is 4. The molecule has 0 saturated carbocycles. The van der Waals surface area contributed by atoms with Crippen LogP contribution in [0.15, 0.2) is 66.7 Å². The zero-order chi connectivity index (χ0) is 19.5. The summed E-state index contributed by atoms with van der Waals surface area (Å²) >= 11 is 0. The van der Waals surface area contributed by atoms with Gasteiger partial charge in [0.05, 0.1) is 4.92 Å². The van der Waals surface area contributed by atoms with E-state index in [0.29, 0.717) is 19.6 Å². The summed E-state index contributed by atoms with van der Waals surface area (Å²) in [5, 5.41) is 13.0. The maximum Gasteiger partial charge on any atom is 0.269 e. The minimum absolute atomic E-state index is 0.0619. The van der Waals surface area contributed by atoms with Crippen molar-refractivity contribution in [1.29, 1.82) is 0 Å². The molecule has 0 spiro atoms. The van der Waals surface area contributed by atoms with Gasteiger partial charge in [0.2, 0.25) is 0 Å². The van der Waals surface area contributed by atoms with Gasteiger partial charge in [-0.25, -0.2) is 0 Å². The van der Waals surface area contributed by atoms with Gasteiger partial charge in [0.15, 0.2) is 0 Å². The molecule has 6 heteroatoms. The van der Waals surface area contributed by atoms with E-state index < -0.39 is 0 Å². The number of hydrogen-bond donors (Lipinski definition) is 0. The lowest BCUT2D eigenvalue weighted by Gasteiger charge is -2.35. The van der Waals surface area contributed by atoms with Crippen LogP contribution in [0.2, 0.25) is 0 Å². The van der Waals surface area contributed by atoms with Crippen molar-refractivity contribution in [3.05, 3.63) is 88.0 Å². The second kappa shape index (κ2) is 7.78. The molecule has 1 fully saturated rings. The van der Waals surface area contributed by atoms with E-state index in [-0.39, 0.29) is 16.5 Å². The van der Waals surface area contributed by atoms with Crippen molar-refractivity contribution in [2.45, 2.75) is 6.54 Å². The molecule has 0 N–H and O–H groups in total. The standard InChI is InChI=1S/C22H21N3O3/c26-22(21-10-4-7-18-6-1-2-9-20(18)21)24-13-11-23(12-14-24)16-17-5-3-8-19(15-17)25(27)28/h1-10,15H,11-14,16H2. The third kappa shape index (κ3) is 3.73. The molecule has 1 heterocycles. The summed E-state index contributed by atoms with van der Waals surface area (Å²) in [6.07, 6.45) is 0. The number of rotatable bonds is 4. The first-order valence-corrected chi connectivity index (χ1v) is 9.34. The van der Waals surface area contributed by atoms with E-state index in [1.165, 1.54) is 6.07 Å². The molecule has 1 saturated heterocycles. The normalized spacial score (nSPS) is 14.9. The van der Waals surface area contributed by atoms with Gasteiger partial charge in [-0.2, -0.15) is 0 Å². The first kappa shape index (κ1) is 18.1. The molecule has 0 aromatic heterocycles. The van der Waals surface area contributed by atoms with Gasteiger partial charge in [-0.05, 0) is 22.4 Å². The molecular weight excluding hydrogens is 354 g/mol. The number of nitro groups is 1. The molecule has 1 aliphatic rings. The van der Waals surface area contributed by atoms with Gasteiger partial charge in [0, 0.05) is 50.4 Å². The molecular formula is C22H21N3O3. The van der Waals surface area contributed by atoms with Crippen LogP contribution in [-0.2, 0) is 6.54 Å². The Balaban J connectivity index is 1.42. The predicted octanol–water partition coefficient (Wildman–Crippen LogP) is 3.71. The van der Waals surface area contributed by atoms with Crippen molar-refractivity contribution in [3.63, 3.8) is 0 Å². The number of carbonyl (C=O) groups is 1. The lowest BCUT2D eigenvalue weighted by molar-refractivity contribution is -0.384. The molecule has 0 aliphatic carbocycles. The first-order valence-electron chi connectivity index (χ1n) is 9.34. The molecule has 3 aromatic carbocycles. The summed E-state index contributed by atoms with van der Waals surface area (Å²) in [7, 11) is 0. The molecule has 0 atom stereocenters. The Hall–Kier alpha value is -3.25. The summed E-state index contributed by atoms with van der Waals surface area (Å²) in [6.45, 7) is 3.45. The zero-order valence-corrected chi connectivity index (χ0v) is 15.5. The van der Waals surface area contributed by atoms with Crippen LogP contribution in [0.5, 0.6) is 0 Å². The topological polar surface area (TPSA) is 66.7 Å². The quantitative estimate of drug-likeness (QED) is 0.515. The third-order valence-electron chi connectivity index (χ3n) is 5.21. The van der Waals surface area contributed by atoms with Crippen molar-refractivity contribution in [3.8, 4) is 0 Å². The minimum Gasteiger partial charge on any atom is -0.336 e. The second-order valence-corrected chi connectivity index (χ2v) is 7.02. The average Bonchev–Trinajstić information content (AvgIpc) is 2.73. The van der Waals surface area contributed by atoms with Crippen LogP contribution < -0.4 is 0 Å². The van der Waals surface area contributed by atoms with Crippen molar-refractivity contribution < 1.29 is 9.72 Å². The van der Waals surface area contributed by atoms with E-state index in [4.69, 9.17) is 0 Å². The fourth-order valence-corrected chi connectivity index (χ4v) is 3.72. The minimum atomic E-state index is -0.371. The van der Waals surface area contributed by atoms with E-state index in [1.807, 2.05) is 53.4 Å². The van der Waals surface area contributed by atoms with Gasteiger partial charge in [0.1, 0.15) is 0 Å². The Kier molecular flexibility index (Phi) is 5.04. The Bertz CT molecular complexity index is 1020. The summed E-state index contributed by atoms with van der Waals surface area (Å²) in [5.74, 6) is 0.0619. The van der Waals surface area contributed by atoms with Gasteiger partial charge in [-0.15, -0.1) is 0 Å². The Morgan fingerprint density at radius 2 is 1.64 bits per heavy atom. The molecule has 0 unspecified atom stereocenters. The Labute approximate surface area is 163 Å². The highest BCUT2D eigenvalue weighted by atomic mass is 16.6. The number of amides is 1. The van der Waals surface area contributed by atoms with Gasteiger partial charge >= 0.3 is 0 Å². The number of fused-ring (bicyclic) bond motifs is 1. The van der Waals surface area contributed by atoms with Crippen molar-refractivity contribution in [1.82, 2.24) is 9.80 Å². The lowest BCUT2D eigenvalue weighted by Crippen LogP contribution is -2.48. The SMILES string of the molecule is O=C(c1cccc2ccccc12)N1CCN(Cc2cccc([N+](=O)[O-])c2)CC1. The van der Waals surface area contributed by atoms with Crippen LogP contribution in [0.4, 0.5) is 5.69 Å². The number of nitro benzene ring substituents is 1. The molecule has 3 aromatic rings. The van der Waals surface area contributed by atoms with E-state index in [0.717, 1.165) is 35.0 Å². The zero-order valence-electron chi connectivity index (χ0n) is 15.5. The Morgan fingerprint density at radius 1 is 0.929 bits per heavy atom. The van der Waals surface area contributed by atoms with Gasteiger partial charge in [-0.3, -0.25) is 19.8 Å². The lowest BCUT2D eigenvalue weighted by atomic mass is 10.0. The highest BCUT2D eigenvalue weighted by Crippen LogP contribution is 2.21. The van der Waals surface area contributed by atoms with E-state index >= 15 is 0 Å². The van der Waals surface area contributed by atoms with Crippen LogP contribution in [0.1, 0.15) is 15.9 Å². The molecule has 1 aliphatic heterocycles. The number of nitrogens with zero attached hydrogens (tertiary/aromatic N) is 3. The molecule has 142 valence electrons. The maximum absolute atomic E-state index is 13.0. The van der Waals surface area contributed by atoms with Crippen LogP contribution in [0.3, 0.4) is 0 Å². The van der Waals surface area contributed by atoms with Gasteiger partial charge in [0.25, 0.3) is 11.6 Å². The van der Waals surface area contributed by atoms with E-state index in [9.17, 15) is 14.9 Å². The third-order valence-corrected chi connectivity index (χ3v) is 5.21. The number of non-ortho nitro benzene ring substituents is 1.